The van der Waals surface area contributed by atoms with Crippen LogP contribution in [0.2, 0.25) is 0 Å². The molecule has 4 rings (SSSR count). The molecular formula is C20H17FN4O3. The summed E-state index contributed by atoms with van der Waals surface area (Å²) in [5.74, 6) is -0.661. The van der Waals surface area contributed by atoms with Crippen molar-refractivity contribution < 1.29 is 14.0 Å². The third kappa shape index (κ3) is 3.05. The van der Waals surface area contributed by atoms with Gasteiger partial charge in [0.2, 0.25) is 0 Å². The second kappa shape index (κ2) is 6.93. The molecule has 28 heavy (non-hydrogen) atoms. The Kier molecular flexibility index (Phi) is 4.43. The van der Waals surface area contributed by atoms with Crippen LogP contribution in [0.5, 0.6) is 5.75 Å². The van der Waals surface area contributed by atoms with E-state index in [1.54, 1.807) is 17.6 Å². The smallest absolute Gasteiger partial charge is 0.257 e. The predicted molar refractivity (Wildman–Crippen MR) is 97.3 cm³/mol. The van der Waals surface area contributed by atoms with Gasteiger partial charge in [0.15, 0.2) is 17.3 Å². The first-order chi connectivity index (χ1) is 13.5. The lowest BCUT2D eigenvalue weighted by atomic mass is 9.97. The van der Waals surface area contributed by atoms with Gasteiger partial charge in [0.05, 0.1) is 17.8 Å². The molecule has 0 fully saturated rings. The molecule has 1 aliphatic rings. The summed E-state index contributed by atoms with van der Waals surface area (Å²) in [4.78, 5) is 17.4. The molecule has 0 atom stereocenters. The molecule has 0 radical (unpaired) electrons. The van der Waals surface area contributed by atoms with Crippen LogP contribution in [0.3, 0.4) is 0 Å². The average Bonchev–Trinajstić information content (AvgIpc) is 3.15. The van der Waals surface area contributed by atoms with Gasteiger partial charge < -0.3 is 9.63 Å². The third-order valence-corrected chi connectivity index (χ3v) is 4.98. The van der Waals surface area contributed by atoms with Gasteiger partial charge in [-0.2, -0.15) is 5.26 Å². The lowest BCUT2D eigenvalue weighted by Gasteiger charge is -2.17. The number of halogens is 1. The van der Waals surface area contributed by atoms with E-state index in [4.69, 9.17) is 4.52 Å². The first-order valence-corrected chi connectivity index (χ1v) is 8.95. The number of rotatable bonds is 3. The van der Waals surface area contributed by atoms with Crippen molar-refractivity contribution in [2.75, 3.05) is 0 Å². The molecule has 7 nitrogen and oxygen atoms in total. The third-order valence-electron chi connectivity index (χ3n) is 4.98. The summed E-state index contributed by atoms with van der Waals surface area (Å²) in [6.07, 6.45) is 3.57. The number of hydrogen-bond donors (Lipinski definition) is 1. The van der Waals surface area contributed by atoms with Crippen LogP contribution >= 0.6 is 0 Å². The summed E-state index contributed by atoms with van der Waals surface area (Å²) < 4.78 is 20.3. The number of nitrogens with zero attached hydrogens (tertiary/aromatic N) is 4. The van der Waals surface area contributed by atoms with Crippen molar-refractivity contribution in [2.24, 2.45) is 0 Å². The highest BCUT2D eigenvalue weighted by atomic mass is 19.1. The number of hydrogen-bond acceptors (Lipinski definition) is 6. The molecule has 0 saturated carbocycles. The molecule has 0 bridgehead atoms. The van der Waals surface area contributed by atoms with Gasteiger partial charge >= 0.3 is 0 Å². The summed E-state index contributed by atoms with van der Waals surface area (Å²) in [6, 6.07) is 5.50. The maximum atomic E-state index is 13.5. The Morgan fingerprint density at radius 3 is 2.89 bits per heavy atom. The summed E-state index contributed by atoms with van der Waals surface area (Å²) in [7, 11) is 0. The molecule has 0 unspecified atom stereocenters. The van der Waals surface area contributed by atoms with Crippen molar-refractivity contribution in [3.05, 3.63) is 62.7 Å². The molecule has 8 heteroatoms. The van der Waals surface area contributed by atoms with Crippen molar-refractivity contribution in [1.82, 2.24) is 14.7 Å². The first kappa shape index (κ1) is 17.9. The zero-order valence-corrected chi connectivity index (χ0v) is 15.2. The Bertz CT molecular complexity index is 1170. The van der Waals surface area contributed by atoms with Gasteiger partial charge in [0, 0.05) is 17.2 Å². The van der Waals surface area contributed by atoms with E-state index in [-0.39, 0.29) is 29.0 Å². The van der Waals surface area contributed by atoms with E-state index in [0.29, 0.717) is 11.5 Å². The molecule has 0 amide bonds. The van der Waals surface area contributed by atoms with Crippen LogP contribution < -0.4 is 5.56 Å². The van der Waals surface area contributed by atoms with Crippen LogP contribution in [0.25, 0.3) is 11.3 Å². The van der Waals surface area contributed by atoms with Crippen LogP contribution in [0, 0.1) is 24.1 Å². The molecule has 142 valence electrons. The van der Waals surface area contributed by atoms with E-state index in [1.165, 1.54) is 0 Å². The Morgan fingerprint density at radius 1 is 1.32 bits per heavy atom. The van der Waals surface area contributed by atoms with Crippen LogP contribution in [-0.4, -0.2) is 19.8 Å². The number of aromatic nitrogens is 3. The fourth-order valence-electron chi connectivity index (χ4n) is 3.53. The molecule has 1 aromatic carbocycles. The molecule has 1 N–H and O–H groups in total. The standard InChI is InChI=1S/C20H17FN4O3/c1-11-23-17-5-3-2-4-14(17)20(27)25(11)10-13-7-19(28-24-13)15-8-18(26)16(21)6-12(15)9-22/h6-8,26H,2-5,10H2,1H3. The van der Waals surface area contributed by atoms with Gasteiger partial charge in [-0.15, -0.1) is 0 Å². The van der Waals surface area contributed by atoms with Crippen molar-refractivity contribution in [2.45, 2.75) is 39.2 Å². The highest BCUT2D eigenvalue weighted by molar-refractivity contribution is 5.68. The summed E-state index contributed by atoms with van der Waals surface area (Å²) in [5.41, 5.74) is 2.28. The Labute approximate surface area is 159 Å². The molecule has 1 aliphatic carbocycles. The molecular weight excluding hydrogens is 363 g/mol. The van der Waals surface area contributed by atoms with Gasteiger partial charge in [-0.05, 0) is 44.7 Å². The molecule has 0 saturated heterocycles. The van der Waals surface area contributed by atoms with Crippen molar-refractivity contribution in [1.29, 1.82) is 5.26 Å². The van der Waals surface area contributed by atoms with Gasteiger partial charge in [-0.1, -0.05) is 5.16 Å². The van der Waals surface area contributed by atoms with Crippen molar-refractivity contribution in [3.63, 3.8) is 0 Å². The number of aromatic hydroxyl groups is 1. The van der Waals surface area contributed by atoms with E-state index < -0.39 is 11.6 Å². The summed E-state index contributed by atoms with van der Waals surface area (Å²) >= 11 is 0. The fourth-order valence-corrected chi connectivity index (χ4v) is 3.53. The fraction of sp³-hybridized carbons (Fsp3) is 0.300. The quantitative estimate of drug-likeness (QED) is 0.749. The number of phenols is 1. The minimum atomic E-state index is -0.887. The normalized spacial score (nSPS) is 13.2. The van der Waals surface area contributed by atoms with E-state index in [1.807, 2.05) is 6.07 Å². The first-order valence-electron chi connectivity index (χ1n) is 8.95. The van der Waals surface area contributed by atoms with Crippen molar-refractivity contribution >= 4 is 0 Å². The second-order valence-electron chi connectivity index (χ2n) is 6.83. The van der Waals surface area contributed by atoms with E-state index in [2.05, 4.69) is 10.1 Å². The van der Waals surface area contributed by atoms with E-state index in [0.717, 1.165) is 49.1 Å². The Hall–Kier alpha value is -3.47. The van der Waals surface area contributed by atoms with Gasteiger partial charge in [0.25, 0.3) is 5.56 Å². The topological polar surface area (TPSA) is 105 Å². The molecule has 0 aliphatic heterocycles. The van der Waals surface area contributed by atoms with Gasteiger partial charge in [0.1, 0.15) is 17.6 Å². The molecule has 3 aromatic rings. The van der Waals surface area contributed by atoms with Gasteiger partial charge in [-0.25, -0.2) is 9.37 Å². The lowest BCUT2D eigenvalue weighted by Crippen LogP contribution is -2.31. The van der Waals surface area contributed by atoms with E-state index >= 15 is 0 Å². The number of phenolic OH excluding ortho intramolecular Hbond substituents is 1. The highest BCUT2D eigenvalue weighted by Gasteiger charge is 2.20. The lowest BCUT2D eigenvalue weighted by molar-refractivity contribution is 0.417. The number of fused-ring (bicyclic) bond motifs is 1. The number of nitriles is 1. The molecule has 0 spiro atoms. The van der Waals surface area contributed by atoms with Crippen molar-refractivity contribution in [3.8, 4) is 23.1 Å². The maximum absolute atomic E-state index is 13.5. The predicted octanol–water partition coefficient (Wildman–Crippen LogP) is 2.85. The van der Waals surface area contributed by atoms with Gasteiger partial charge in [-0.3, -0.25) is 9.36 Å². The maximum Gasteiger partial charge on any atom is 0.257 e. The Balaban J connectivity index is 1.70. The number of aryl methyl sites for hydroxylation is 2. The van der Waals surface area contributed by atoms with Crippen LogP contribution in [0.4, 0.5) is 4.39 Å². The van der Waals surface area contributed by atoms with E-state index in [9.17, 15) is 19.6 Å². The Morgan fingerprint density at radius 2 is 2.11 bits per heavy atom. The van der Waals surface area contributed by atoms with Crippen LogP contribution in [0.1, 0.15) is 41.2 Å². The number of benzene rings is 1. The summed E-state index contributed by atoms with van der Waals surface area (Å²) in [5, 5.41) is 22.8. The minimum absolute atomic E-state index is 0.0156. The minimum Gasteiger partial charge on any atom is -0.505 e. The monoisotopic (exact) mass is 380 g/mol. The molecule has 2 aromatic heterocycles. The second-order valence-corrected chi connectivity index (χ2v) is 6.83. The van der Waals surface area contributed by atoms with Crippen LogP contribution in [-0.2, 0) is 19.4 Å². The average molecular weight is 380 g/mol. The zero-order valence-electron chi connectivity index (χ0n) is 15.2. The SMILES string of the molecule is Cc1nc2c(c(=O)n1Cc1cc(-c3cc(O)c(F)cc3C#N)on1)CCCC2. The summed E-state index contributed by atoms with van der Waals surface area (Å²) in [6.45, 7) is 1.95. The van der Waals surface area contributed by atoms with Crippen LogP contribution in [0.15, 0.2) is 27.5 Å². The molecule has 2 heterocycles. The highest BCUT2D eigenvalue weighted by Crippen LogP contribution is 2.30. The zero-order chi connectivity index (χ0) is 19.8. The largest absolute Gasteiger partial charge is 0.505 e.